The number of carbonyl (C=O) groups is 1. The van der Waals surface area contributed by atoms with Gasteiger partial charge >= 0.3 is 0 Å². The van der Waals surface area contributed by atoms with E-state index >= 15 is 0 Å². The van der Waals surface area contributed by atoms with Crippen LogP contribution in [0.5, 0.6) is 5.75 Å². The van der Waals surface area contributed by atoms with Crippen molar-refractivity contribution in [2.24, 2.45) is 0 Å². The quantitative estimate of drug-likeness (QED) is 0.437. The first-order chi connectivity index (χ1) is 16.2. The number of para-hydroxylation sites is 2. The molecule has 6 rings (SSSR count). The molecular formula is C28H25N3O2. The van der Waals surface area contributed by atoms with E-state index in [0.29, 0.717) is 13.0 Å². The Morgan fingerprint density at radius 2 is 1.70 bits per heavy atom. The number of ketones is 1. The molecule has 1 aromatic heterocycles. The highest BCUT2D eigenvalue weighted by molar-refractivity contribution is 6.01. The van der Waals surface area contributed by atoms with Gasteiger partial charge in [-0.25, -0.2) is 4.98 Å². The summed E-state index contributed by atoms with van der Waals surface area (Å²) in [5.74, 6) is 1.98. The van der Waals surface area contributed by atoms with Crippen LogP contribution in [0, 0.1) is 0 Å². The Hall–Kier alpha value is -3.86. The van der Waals surface area contributed by atoms with Crippen LogP contribution in [0.25, 0.3) is 11.0 Å². The van der Waals surface area contributed by atoms with E-state index in [1.54, 1.807) is 0 Å². The molecule has 0 bridgehead atoms. The van der Waals surface area contributed by atoms with Gasteiger partial charge in [0.25, 0.3) is 0 Å². The zero-order valence-corrected chi connectivity index (χ0v) is 18.5. The third kappa shape index (κ3) is 3.32. The van der Waals surface area contributed by atoms with Crippen molar-refractivity contribution < 1.29 is 9.53 Å². The zero-order valence-electron chi connectivity index (χ0n) is 18.5. The number of hydrogen-bond donors (Lipinski definition) is 1. The predicted octanol–water partition coefficient (Wildman–Crippen LogP) is 5.85. The lowest BCUT2D eigenvalue weighted by molar-refractivity contribution is -0.116. The van der Waals surface area contributed by atoms with Crippen molar-refractivity contribution in [3.05, 3.63) is 101 Å². The molecule has 0 radical (unpaired) electrons. The lowest BCUT2D eigenvalue weighted by Gasteiger charge is -2.36. The van der Waals surface area contributed by atoms with Crippen LogP contribution in [-0.4, -0.2) is 21.9 Å². The molecule has 33 heavy (non-hydrogen) atoms. The summed E-state index contributed by atoms with van der Waals surface area (Å²) in [5.41, 5.74) is 6.04. The number of ether oxygens (including phenoxy) is 1. The Morgan fingerprint density at radius 3 is 2.48 bits per heavy atom. The molecule has 4 aromatic rings. The fourth-order valence-corrected chi connectivity index (χ4v) is 5.21. The van der Waals surface area contributed by atoms with E-state index in [9.17, 15) is 4.79 Å². The summed E-state index contributed by atoms with van der Waals surface area (Å²) in [7, 11) is 0. The molecule has 0 unspecified atom stereocenters. The second-order valence-corrected chi connectivity index (χ2v) is 8.65. The number of nitrogens with one attached hydrogen (secondary N) is 1. The first-order valence-electron chi connectivity index (χ1n) is 11.5. The van der Waals surface area contributed by atoms with E-state index in [2.05, 4.69) is 40.2 Å². The summed E-state index contributed by atoms with van der Waals surface area (Å²) in [6.45, 7) is 2.60. The van der Waals surface area contributed by atoms with Gasteiger partial charge < -0.3 is 10.1 Å². The third-order valence-corrected chi connectivity index (χ3v) is 6.68. The molecular weight excluding hydrogens is 410 g/mol. The molecule has 2 atom stereocenters. The molecule has 2 heterocycles. The molecule has 0 fully saturated rings. The number of rotatable bonds is 4. The summed E-state index contributed by atoms with van der Waals surface area (Å²) in [5, 5.41) is 3.54. The number of fused-ring (bicyclic) bond motifs is 3. The van der Waals surface area contributed by atoms with Gasteiger partial charge in [0.05, 0.1) is 23.7 Å². The van der Waals surface area contributed by atoms with Crippen molar-refractivity contribution in [2.45, 2.75) is 31.7 Å². The molecule has 5 heteroatoms. The van der Waals surface area contributed by atoms with E-state index in [4.69, 9.17) is 9.72 Å². The Morgan fingerprint density at radius 1 is 0.939 bits per heavy atom. The number of hydrogen-bond acceptors (Lipinski definition) is 4. The van der Waals surface area contributed by atoms with Gasteiger partial charge in [0, 0.05) is 17.7 Å². The number of aromatic nitrogens is 2. The monoisotopic (exact) mass is 435 g/mol. The van der Waals surface area contributed by atoms with Crippen molar-refractivity contribution >= 4 is 22.8 Å². The van der Waals surface area contributed by atoms with E-state index in [-0.39, 0.29) is 17.7 Å². The molecule has 164 valence electrons. The van der Waals surface area contributed by atoms with Gasteiger partial charge in [-0.15, -0.1) is 0 Å². The first kappa shape index (κ1) is 19.8. The minimum Gasteiger partial charge on any atom is -0.494 e. The lowest BCUT2D eigenvalue weighted by atomic mass is 9.77. The van der Waals surface area contributed by atoms with Crippen LogP contribution < -0.4 is 10.1 Å². The van der Waals surface area contributed by atoms with Gasteiger partial charge in [0.15, 0.2) is 5.78 Å². The molecule has 1 aliphatic heterocycles. The number of Topliss-reactive ketones (excluding diaryl/α,β-unsaturated/α-hetero) is 1. The van der Waals surface area contributed by atoms with Crippen LogP contribution in [0.15, 0.2) is 90.1 Å². The number of allylic oxidation sites excluding steroid dienone is 2. The Kier molecular flexibility index (Phi) is 4.75. The Balaban J connectivity index is 1.50. The molecule has 1 aliphatic carbocycles. The fourth-order valence-electron chi connectivity index (χ4n) is 5.21. The number of imidazole rings is 1. The standard InChI is InChI=1S/C28H25N3O2/c1-2-33-21-14-12-19(13-15-21)27-26-23(16-20(17-25(26)32)18-8-4-3-5-9-18)30-28-29-22-10-6-7-11-24(22)31(27)28/h3-15,20,27H,2,16-17H2,1H3,(H,29,30)/t20-,27-/m1/s1. The number of anilines is 1. The van der Waals surface area contributed by atoms with Crippen LogP contribution in [0.4, 0.5) is 5.95 Å². The SMILES string of the molecule is CCOc1ccc([C@@H]2C3=C(C[C@@H](c4ccccc4)CC3=O)Nc3nc4ccccc4n32)cc1. The Labute approximate surface area is 192 Å². The van der Waals surface area contributed by atoms with Crippen molar-refractivity contribution in [3.63, 3.8) is 0 Å². The van der Waals surface area contributed by atoms with Crippen molar-refractivity contribution in [3.8, 4) is 5.75 Å². The summed E-state index contributed by atoms with van der Waals surface area (Å²) in [4.78, 5) is 18.5. The van der Waals surface area contributed by atoms with Crippen molar-refractivity contribution in [2.75, 3.05) is 11.9 Å². The zero-order chi connectivity index (χ0) is 22.4. The predicted molar refractivity (Wildman–Crippen MR) is 130 cm³/mol. The third-order valence-electron chi connectivity index (χ3n) is 6.68. The van der Waals surface area contributed by atoms with Crippen LogP contribution in [0.2, 0.25) is 0 Å². The van der Waals surface area contributed by atoms with Crippen LogP contribution in [0.3, 0.4) is 0 Å². The van der Waals surface area contributed by atoms with Gasteiger partial charge in [-0.3, -0.25) is 9.36 Å². The highest BCUT2D eigenvalue weighted by atomic mass is 16.5. The minimum atomic E-state index is -0.219. The number of carbonyl (C=O) groups excluding carboxylic acids is 1. The maximum absolute atomic E-state index is 13.7. The van der Waals surface area contributed by atoms with Gasteiger partial charge in [-0.2, -0.15) is 0 Å². The Bertz CT molecular complexity index is 1370. The normalized spacial score (nSPS) is 19.7. The number of nitrogens with zero attached hydrogens (tertiary/aromatic N) is 2. The summed E-state index contributed by atoms with van der Waals surface area (Å²) < 4.78 is 7.82. The molecule has 0 spiro atoms. The van der Waals surface area contributed by atoms with Crippen molar-refractivity contribution in [1.29, 1.82) is 0 Å². The van der Waals surface area contributed by atoms with E-state index in [0.717, 1.165) is 46.0 Å². The molecule has 1 N–H and O–H groups in total. The topological polar surface area (TPSA) is 56.1 Å². The largest absolute Gasteiger partial charge is 0.494 e. The second-order valence-electron chi connectivity index (χ2n) is 8.65. The molecule has 3 aromatic carbocycles. The van der Waals surface area contributed by atoms with Gasteiger partial charge in [-0.05, 0) is 54.7 Å². The van der Waals surface area contributed by atoms with Gasteiger partial charge in [0.1, 0.15) is 5.75 Å². The average molecular weight is 436 g/mol. The smallest absolute Gasteiger partial charge is 0.209 e. The maximum atomic E-state index is 13.7. The minimum absolute atomic E-state index is 0.168. The second kappa shape index (κ2) is 7.93. The van der Waals surface area contributed by atoms with Crippen LogP contribution in [-0.2, 0) is 4.79 Å². The summed E-state index contributed by atoms with van der Waals surface area (Å²) >= 11 is 0. The van der Waals surface area contributed by atoms with E-state index in [1.807, 2.05) is 55.5 Å². The van der Waals surface area contributed by atoms with E-state index in [1.165, 1.54) is 5.56 Å². The fraction of sp³-hybridized carbons (Fsp3) is 0.214. The molecule has 0 saturated heterocycles. The highest BCUT2D eigenvalue weighted by Gasteiger charge is 2.39. The molecule has 0 amide bonds. The van der Waals surface area contributed by atoms with Crippen molar-refractivity contribution in [1.82, 2.24) is 9.55 Å². The van der Waals surface area contributed by atoms with Gasteiger partial charge in [0.2, 0.25) is 5.95 Å². The first-order valence-corrected chi connectivity index (χ1v) is 11.5. The maximum Gasteiger partial charge on any atom is 0.209 e. The summed E-state index contributed by atoms with van der Waals surface area (Å²) in [6, 6.07) is 26.3. The van der Waals surface area contributed by atoms with Gasteiger partial charge in [-0.1, -0.05) is 54.6 Å². The van der Waals surface area contributed by atoms with Crippen LogP contribution >= 0.6 is 0 Å². The van der Waals surface area contributed by atoms with Crippen LogP contribution in [0.1, 0.15) is 42.9 Å². The average Bonchev–Trinajstić information content (AvgIpc) is 3.22. The van der Waals surface area contributed by atoms with E-state index < -0.39 is 0 Å². The summed E-state index contributed by atoms with van der Waals surface area (Å²) in [6.07, 6.45) is 1.31. The number of benzene rings is 3. The highest BCUT2D eigenvalue weighted by Crippen LogP contribution is 2.46. The molecule has 0 saturated carbocycles. The lowest BCUT2D eigenvalue weighted by Crippen LogP contribution is -2.33. The molecule has 5 nitrogen and oxygen atoms in total. The molecule has 2 aliphatic rings.